The molecule has 0 heterocycles. The molecule has 0 aromatic heterocycles. The van der Waals surface area contributed by atoms with Crippen LogP contribution in [0, 0.1) is 53.3 Å². The Bertz CT molecular complexity index is 1090. The van der Waals surface area contributed by atoms with Crippen LogP contribution in [-0.4, -0.2) is 0 Å². The van der Waals surface area contributed by atoms with Crippen LogP contribution in [0.5, 0.6) is 0 Å². The molecule has 0 saturated heterocycles. The van der Waals surface area contributed by atoms with Crippen molar-refractivity contribution >= 4 is 0 Å². The Kier molecular flexibility index (Phi) is 3.09. The van der Waals surface area contributed by atoms with E-state index in [9.17, 15) is 0 Å². The first-order valence-electron chi connectivity index (χ1n) is 12.8. The van der Waals surface area contributed by atoms with Gasteiger partial charge in [-0.3, -0.25) is 0 Å². The van der Waals surface area contributed by atoms with Crippen LogP contribution in [0.25, 0.3) is 0 Å². The summed E-state index contributed by atoms with van der Waals surface area (Å²) in [5.41, 5.74) is 11.7. The highest BCUT2D eigenvalue weighted by atomic mass is 14.7. The summed E-state index contributed by atoms with van der Waals surface area (Å²) < 4.78 is 0. The molecule has 30 heavy (non-hydrogen) atoms. The summed E-state index contributed by atoms with van der Waals surface area (Å²) in [6.45, 7) is 4.94. The van der Waals surface area contributed by atoms with Crippen molar-refractivity contribution < 1.29 is 0 Å². The second-order valence-electron chi connectivity index (χ2n) is 11.4. The Balaban J connectivity index is 1.32. The zero-order valence-electron chi connectivity index (χ0n) is 18.3. The van der Waals surface area contributed by atoms with E-state index in [1.54, 1.807) is 39.0 Å². The van der Waals surface area contributed by atoms with E-state index in [4.69, 9.17) is 0 Å². The summed E-state index contributed by atoms with van der Waals surface area (Å²) >= 11 is 0. The number of hydrogen-bond donors (Lipinski definition) is 0. The quantitative estimate of drug-likeness (QED) is 0.469. The molecule has 0 spiro atoms. The molecule has 9 unspecified atom stereocenters. The molecular weight excluding hydrogens is 360 g/mol. The molecular formula is C30H32. The van der Waals surface area contributed by atoms with Crippen molar-refractivity contribution in [3.05, 3.63) is 81.5 Å². The van der Waals surface area contributed by atoms with Crippen molar-refractivity contribution in [2.75, 3.05) is 0 Å². The molecule has 0 aromatic rings. The summed E-state index contributed by atoms with van der Waals surface area (Å²) in [7, 11) is 0. The molecule has 3 fully saturated rings. The van der Waals surface area contributed by atoms with Gasteiger partial charge < -0.3 is 0 Å². The lowest BCUT2D eigenvalue weighted by Gasteiger charge is -2.40. The van der Waals surface area contributed by atoms with Crippen LogP contribution in [-0.2, 0) is 0 Å². The SMILES string of the molecule is CCC1CC(CC)C2C3CC(C4C5=CC6=C7C(=CC=C8C=CC(=C5C87)C34)CC=C6)C12. The van der Waals surface area contributed by atoms with Gasteiger partial charge in [0, 0.05) is 5.92 Å². The first-order valence-corrected chi connectivity index (χ1v) is 12.8. The van der Waals surface area contributed by atoms with Gasteiger partial charge in [-0.2, -0.15) is 0 Å². The summed E-state index contributed by atoms with van der Waals surface area (Å²) in [5, 5.41) is 0. The molecule has 0 amide bonds. The maximum absolute atomic E-state index is 2.67. The first-order chi connectivity index (χ1) is 14.8. The molecule has 0 radical (unpaired) electrons. The Morgan fingerprint density at radius 2 is 1.63 bits per heavy atom. The predicted molar refractivity (Wildman–Crippen MR) is 122 cm³/mol. The van der Waals surface area contributed by atoms with Gasteiger partial charge in [-0.25, -0.2) is 0 Å². The first kappa shape index (κ1) is 16.8. The van der Waals surface area contributed by atoms with Crippen molar-refractivity contribution in [1.29, 1.82) is 0 Å². The van der Waals surface area contributed by atoms with E-state index in [1.807, 2.05) is 0 Å². The predicted octanol–water partition coefficient (Wildman–Crippen LogP) is 7.12. The fraction of sp³-hybridized carbons (Fsp3) is 0.533. The molecule has 8 rings (SSSR count). The number of hydrogen-bond acceptors (Lipinski definition) is 0. The van der Waals surface area contributed by atoms with Crippen molar-refractivity contribution in [2.45, 2.75) is 46.0 Å². The van der Waals surface area contributed by atoms with Gasteiger partial charge in [-0.1, -0.05) is 69.2 Å². The van der Waals surface area contributed by atoms with Crippen LogP contribution in [0.4, 0.5) is 0 Å². The van der Waals surface area contributed by atoms with E-state index in [2.05, 4.69) is 56.4 Å². The molecule has 3 saturated carbocycles. The molecule has 0 aliphatic heterocycles. The van der Waals surface area contributed by atoms with Crippen molar-refractivity contribution in [3.63, 3.8) is 0 Å². The minimum absolute atomic E-state index is 0.554. The highest BCUT2D eigenvalue weighted by Gasteiger charge is 2.67. The lowest BCUT2D eigenvalue weighted by Crippen LogP contribution is -2.35. The number of allylic oxidation sites excluding steroid dienone is 14. The minimum atomic E-state index is 0.554. The van der Waals surface area contributed by atoms with E-state index in [0.29, 0.717) is 5.92 Å². The summed E-state index contributed by atoms with van der Waals surface area (Å²) in [6, 6.07) is 0. The molecule has 0 nitrogen and oxygen atoms in total. The maximum Gasteiger partial charge on any atom is 0.0354 e. The van der Waals surface area contributed by atoms with Crippen LogP contribution in [0.3, 0.4) is 0 Å². The van der Waals surface area contributed by atoms with Gasteiger partial charge in [-0.05, 0) is 106 Å². The van der Waals surface area contributed by atoms with Gasteiger partial charge in [0.2, 0.25) is 0 Å². The van der Waals surface area contributed by atoms with Crippen molar-refractivity contribution in [3.8, 4) is 0 Å². The highest BCUT2D eigenvalue weighted by Crippen LogP contribution is 2.74. The third-order valence-corrected chi connectivity index (χ3v) is 10.8. The topological polar surface area (TPSA) is 0 Å². The van der Waals surface area contributed by atoms with E-state index in [-0.39, 0.29) is 0 Å². The third-order valence-electron chi connectivity index (χ3n) is 10.8. The van der Waals surface area contributed by atoms with Crippen LogP contribution in [0.15, 0.2) is 81.5 Å². The highest BCUT2D eigenvalue weighted by molar-refractivity contribution is 5.73. The van der Waals surface area contributed by atoms with E-state index >= 15 is 0 Å². The zero-order valence-corrected chi connectivity index (χ0v) is 18.3. The van der Waals surface area contributed by atoms with Crippen LogP contribution in [0.1, 0.15) is 46.0 Å². The summed E-state index contributed by atoms with van der Waals surface area (Å²) in [6.07, 6.45) is 24.4. The van der Waals surface area contributed by atoms with Crippen molar-refractivity contribution in [1.82, 2.24) is 0 Å². The van der Waals surface area contributed by atoms with Gasteiger partial charge in [0.25, 0.3) is 0 Å². The Morgan fingerprint density at radius 3 is 2.43 bits per heavy atom. The number of fused-ring (bicyclic) bond motifs is 10. The molecule has 2 bridgehead atoms. The van der Waals surface area contributed by atoms with E-state index < -0.39 is 0 Å². The Hall–Kier alpha value is -1.82. The summed E-state index contributed by atoms with van der Waals surface area (Å²) in [4.78, 5) is 0. The molecule has 0 heteroatoms. The average molecular weight is 393 g/mol. The fourth-order valence-corrected chi connectivity index (χ4v) is 10.1. The van der Waals surface area contributed by atoms with Gasteiger partial charge in [0.05, 0.1) is 0 Å². The van der Waals surface area contributed by atoms with Crippen molar-refractivity contribution in [2.24, 2.45) is 53.3 Å². The zero-order chi connectivity index (χ0) is 19.7. The largest absolute Gasteiger partial charge is 0.0795 e. The van der Waals surface area contributed by atoms with Gasteiger partial charge >= 0.3 is 0 Å². The lowest BCUT2D eigenvalue weighted by molar-refractivity contribution is 0.119. The second-order valence-corrected chi connectivity index (χ2v) is 11.4. The average Bonchev–Trinajstić information content (AvgIpc) is 3.51. The van der Waals surface area contributed by atoms with E-state index in [1.165, 1.54) is 25.7 Å². The summed E-state index contributed by atoms with van der Waals surface area (Å²) in [5.74, 6) is 8.17. The fourth-order valence-electron chi connectivity index (χ4n) is 10.1. The van der Waals surface area contributed by atoms with Crippen LogP contribution in [0.2, 0.25) is 0 Å². The standard InChI is InChI=1S/C30H32/c1-3-15-12-16(4-2)26-23-14-22(25(15)26)29-20-11-10-18-9-8-17-6-5-7-19-13-21(30(23)29)28(20)27(18)24(17)19/h5,7-11,13,15-16,22-23,25-27,29-30H,3-4,6,12,14H2,1-2H3. The molecule has 0 N–H and O–H groups in total. The Labute approximate surface area is 180 Å². The van der Waals surface area contributed by atoms with E-state index in [0.717, 1.165) is 53.8 Å². The van der Waals surface area contributed by atoms with Gasteiger partial charge in [0.15, 0.2) is 0 Å². The van der Waals surface area contributed by atoms with Crippen LogP contribution >= 0.6 is 0 Å². The molecule has 9 atom stereocenters. The molecule has 0 aromatic carbocycles. The number of rotatable bonds is 2. The maximum atomic E-state index is 2.67. The second kappa shape index (κ2) is 5.50. The molecule has 152 valence electrons. The van der Waals surface area contributed by atoms with Gasteiger partial charge in [0.1, 0.15) is 0 Å². The smallest absolute Gasteiger partial charge is 0.0354 e. The lowest BCUT2D eigenvalue weighted by atomic mass is 9.64. The van der Waals surface area contributed by atoms with Gasteiger partial charge in [-0.15, -0.1) is 0 Å². The molecule has 8 aliphatic carbocycles. The monoisotopic (exact) mass is 392 g/mol. The normalized spacial score (nSPS) is 47.9. The minimum Gasteiger partial charge on any atom is -0.0795 e. The molecule has 8 aliphatic rings. The van der Waals surface area contributed by atoms with Crippen LogP contribution < -0.4 is 0 Å². The third kappa shape index (κ3) is 1.72. The Morgan fingerprint density at radius 1 is 0.833 bits per heavy atom.